The van der Waals surface area contributed by atoms with Gasteiger partial charge in [0.05, 0.1) is 13.2 Å². The molecule has 1 saturated heterocycles. The van der Waals surface area contributed by atoms with Crippen LogP contribution in [-0.2, 0) is 11.2 Å². The number of ether oxygens (including phenoxy) is 2. The van der Waals surface area contributed by atoms with Gasteiger partial charge in [-0.3, -0.25) is 4.99 Å². The summed E-state index contributed by atoms with van der Waals surface area (Å²) in [5.41, 5.74) is 1.29. The third-order valence-corrected chi connectivity index (χ3v) is 3.95. The number of nitrogens with one attached hydrogen (secondary N) is 2. The zero-order valence-corrected chi connectivity index (χ0v) is 17.0. The first-order valence-electron chi connectivity index (χ1n) is 8.58. The molecule has 6 heteroatoms. The lowest BCUT2D eigenvalue weighted by molar-refractivity contribution is 0.106. The molecule has 2 rings (SSSR count). The van der Waals surface area contributed by atoms with Crippen molar-refractivity contribution in [2.75, 3.05) is 33.4 Å². The molecular weight excluding hydrogens is 417 g/mol. The summed E-state index contributed by atoms with van der Waals surface area (Å²) in [6.45, 7) is 5.53. The molecule has 1 heterocycles. The van der Waals surface area contributed by atoms with Crippen LogP contribution >= 0.6 is 24.0 Å². The van der Waals surface area contributed by atoms with E-state index in [-0.39, 0.29) is 24.0 Å². The van der Waals surface area contributed by atoms with Gasteiger partial charge < -0.3 is 20.1 Å². The number of hydrogen-bond acceptors (Lipinski definition) is 3. The number of rotatable bonds is 8. The van der Waals surface area contributed by atoms with Crippen molar-refractivity contribution in [2.24, 2.45) is 4.99 Å². The third kappa shape index (κ3) is 7.70. The highest BCUT2D eigenvalue weighted by Gasteiger charge is 2.14. The second-order valence-electron chi connectivity index (χ2n) is 5.71. The number of benzene rings is 1. The Morgan fingerprint density at radius 2 is 2.08 bits per heavy atom. The van der Waals surface area contributed by atoms with Gasteiger partial charge in [0, 0.05) is 26.2 Å². The highest BCUT2D eigenvalue weighted by atomic mass is 127. The van der Waals surface area contributed by atoms with Crippen LogP contribution in [0.15, 0.2) is 29.3 Å². The van der Waals surface area contributed by atoms with Crippen molar-refractivity contribution in [1.82, 2.24) is 10.6 Å². The maximum absolute atomic E-state index is 5.63. The quantitative estimate of drug-likeness (QED) is 0.366. The van der Waals surface area contributed by atoms with Crippen LogP contribution in [0.3, 0.4) is 0 Å². The summed E-state index contributed by atoms with van der Waals surface area (Å²) < 4.78 is 10.8. The van der Waals surface area contributed by atoms with E-state index < -0.39 is 0 Å². The summed E-state index contributed by atoms with van der Waals surface area (Å²) in [6.07, 6.45) is 4.74. The van der Waals surface area contributed by atoms with E-state index in [1.807, 2.05) is 12.1 Å². The molecule has 24 heavy (non-hydrogen) atoms. The molecule has 1 unspecified atom stereocenters. The van der Waals surface area contributed by atoms with Gasteiger partial charge in [0.2, 0.25) is 0 Å². The lowest BCUT2D eigenvalue weighted by Crippen LogP contribution is -2.38. The van der Waals surface area contributed by atoms with Gasteiger partial charge in [-0.25, -0.2) is 0 Å². The van der Waals surface area contributed by atoms with E-state index in [1.54, 1.807) is 7.11 Å². The molecule has 136 valence electrons. The van der Waals surface area contributed by atoms with Crippen molar-refractivity contribution >= 4 is 29.9 Å². The maximum atomic E-state index is 5.63. The molecule has 0 bridgehead atoms. The lowest BCUT2D eigenvalue weighted by atomic mass is 10.1. The van der Waals surface area contributed by atoms with E-state index in [1.165, 1.54) is 18.4 Å². The fourth-order valence-electron chi connectivity index (χ4n) is 2.65. The Labute approximate surface area is 162 Å². The largest absolute Gasteiger partial charge is 0.497 e. The first-order valence-corrected chi connectivity index (χ1v) is 8.58. The monoisotopic (exact) mass is 447 g/mol. The van der Waals surface area contributed by atoms with Crippen molar-refractivity contribution in [2.45, 2.75) is 38.7 Å². The Bertz CT molecular complexity index is 474. The second-order valence-corrected chi connectivity index (χ2v) is 5.71. The van der Waals surface area contributed by atoms with Crippen LogP contribution in [0, 0.1) is 0 Å². The molecule has 1 aromatic carbocycles. The molecule has 0 radical (unpaired) electrons. The standard InChI is InChI=1S/C18H29N3O2.HI/c1-3-19-18(21-13-11-17-5-4-14-23-17)20-12-10-15-6-8-16(22-2)9-7-15;/h6-9,17H,3-5,10-14H2,1-2H3,(H2,19,20,21);1H. The molecule has 1 fully saturated rings. The Balaban J connectivity index is 0.00000288. The van der Waals surface area contributed by atoms with Crippen LogP contribution in [-0.4, -0.2) is 45.4 Å². The zero-order chi connectivity index (χ0) is 16.3. The number of halogens is 1. The zero-order valence-electron chi connectivity index (χ0n) is 14.7. The predicted molar refractivity (Wildman–Crippen MR) is 110 cm³/mol. The normalized spacial score (nSPS) is 17.2. The van der Waals surface area contributed by atoms with Crippen molar-refractivity contribution < 1.29 is 9.47 Å². The predicted octanol–water partition coefficient (Wildman–Crippen LogP) is 2.98. The molecule has 1 aromatic rings. The van der Waals surface area contributed by atoms with Gasteiger partial charge in [-0.1, -0.05) is 12.1 Å². The van der Waals surface area contributed by atoms with E-state index in [0.29, 0.717) is 6.10 Å². The fourth-order valence-corrected chi connectivity index (χ4v) is 2.65. The summed E-state index contributed by atoms with van der Waals surface area (Å²) in [5.74, 6) is 1.78. The summed E-state index contributed by atoms with van der Waals surface area (Å²) >= 11 is 0. The van der Waals surface area contributed by atoms with Crippen LogP contribution in [0.2, 0.25) is 0 Å². The van der Waals surface area contributed by atoms with Crippen LogP contribution in [0.25, 0.3) is 0 Å². The highest BCUT2D eigenvalue weighted by Crippen LogP contribution is 2.15. The fraction of sp³-hybridized carbons (Fsp3) is 0.611. The molecule has 1 aliphatic rings. The van der Waals surface area contributed by atoms with Gasteiger partial charge in [-0.15, -0.1) is 24.0 Å². The number of nitrogens with zero attached hydrogens (tertiary/aromatic N) is 1. The molecule has 0 saturated carbocycles. The average molecular weight is 447 g/mol. The molecule has 0 aromatic heterocycles. The highest BCUT2D eigenvalue weighted by molar-refractivity contribution is 14.0. The average Bonchev–Trinajstić information content (AvgIpc) is 3.09. The van der Waals surface area contributed by atoms with Gasteiger partial charge in [0.1, 0.15) is 5.75 Å². The van der Waals surface area contributed by atoms with E-state index >= 15 is 0 Å². The Kier molecular flexibility index (Phi) is 10.8. The summed E-state index contributed by atoms with van der Waals surface area (Å²) in [6, 6.07) is 8.19. The maximum Gasteiger partial charge on any atom is 0.191 e. The van der Waals surface area contributed by atoms with Crippen LogP contribution in [0.4, 0.5) is 0 Å². The second kappa shape index (κ2) is 12.4. The Morgan fingerprint density at radius 3 is 2.71 bits per heavy atom. The smallest absolute Gasteiger partial charge is 0.191 e. The molecule has 1 atom stereocenters. The van der Waals surface area contributed by atoms with E-state index in [0.717, 1.165) is 50.8 Å². The van der Waals surface area contributed by atoms with E-state index in [9.17, 15) is 0 Å². The summed E-state index contributed by atoms with van der Waals surface area (Å²) in [4.78, 5) is 4.63. The van der Waals surface area contributed by atoms with Crippen molar-refractivity contribution in [3.8, 4) is 5.75 Å². The Morgan fingerprint density at radius 1 is 1.29 bits per heavy atom. The molecule has 0 amide bonds. The SMILES string of the molecule is CCNC(=NCCC1CCCO1)NCCc1ccc(OC)cc1.I. The Hall–Kier alpha value is -1.02. The number of hydrogen-bond donors (Lipinski definition) is 2. The minimum atomic E-state index is 0. The molecular formula is C18H30IN3O2. The third-order valence-electron chi connectivity index (χ3n) is 3.95. The van der Waals surface area contributed by atoms with Crippen molar-refractivity contribution in [3.63, 3.8) is 0 Å². The minimum Gasteiger partial charge on any atom is -0.497 e. The molecule has 0 spiro atoms. The first-order chi connectivity index (χ1) is 11.3. The topological polar surface area (TPSA) is 54.9 Å². The van der Waals surface area contributed by atoms with Gasteiger partial charge in [-0.05, 0) is 50.3 Å². The number of guanidine groups is 1. The lowest BCUT2D eigenvalue weighted by Gasteiger charge is -2.12. The molecule has 5 nitrogen and oxygen atoms in total. The number of aliphatic imine (C=N–C) groups is 1. The van der Waals surface area contributed by atoms with E-state index in [2.05, 4.69) is 34.7 Å². The summed E-state index contributed by atoms with van der Waals surface area (Å²) in [5, 5.41) is 6.68. The van der Waals surface area contributed by atoms with Gasteiger partial charge in [0.15, 0.2) is 5.96 Å². The van der Waals surface area contributed by atoms with Crippen molar-refractivity contribution in [1.29, 1.82) is 0 Å². The summed E-state index contributed by atoms with van der Waals surface area (Å²) in [7, 11) is 1.69. The van der Waals surface area contributed by atoms with Crippen LogP contribution in [0.1, 0.15) is 31.7 Å². The number of methoxy groups -OCH3 is 1. The molecule has 2 N–H and O–H groups in total. The van der Waals surface area contributed by atoms with Crippen LogP contribution < -0.4 is 15.4 Å². The van der Waals surface area contributed by atoms with Crippen molar-refractivity contribution in [3.05, 3.63) is 29.8 Å². The van der Waals surface area contributed by atoms with Gasteiger partial charge in [0.25, 0.3) is 0 Å². The van der Waals surface area contributed by atoms with Gasteiger partial charge in [-0.2, -0.15) is 0 Å². The first kappa shape index (κ1) is 21.0. The van der Waals surface area contributed by atoms with Crippen LogP contribution in [0.5, 0.6) is 5.75 Å². The van der Waals surface area contributed by atoms with Gasteiger partial charge >= 0.3 is 0 Å². The van der Waals surface area contributed by atoms with E-state index in [4.69, 9.17) is 9.47 Å². The molecule has 1 aliphatic heterocycles. The minimum absolute atomic E-state index is 0. The molecule has 0 aliphatic carbocycles.